The summed E-state index contributed by atoms with van der Waals surface area (Å²) in [4.78, 5) is 20.2. The fourth-order valence-electron chi connectivity index (χ4n) is 1.10. The van der Waals surface area contributed by atoms with E-state index < -0.39 is 4.92 Å². The lowest BCUT2D eigenvalue weighted by molar-refractivity contribution is -0.478. The van der Waals surface area contributed by atoms with Crippen molar-refractivity contribution in [1.29, 1.82) is 0 Å². The minimum Gasteiger partial charge on any atom is -0.265 e. The molecule has 0 aromatic heterocycles. The monoisotopic (exact) mass is 191 g/mol. The van der Waals surface area contributed by atoms with Crippen molar-refractivity contribution in [3.8, 4) is 0 Å². The average Bonchev–Trinajstić information content (AvgIpc) is 2.20. The van der Waals surface area contributed by atoms with Crippen LogP contribution in [0.2, 0.25) is 0 Å². The van der Waals surface area contributed by atoms with Crippen LogP contribution in [0.3, 0.4) is 0 Å². The van der Waals surface area contributed by atoms with Gasteiger partial charge in [0.15, 0.2) is 0 Å². The summed E-state index contributed by atoms with van der Waals surface area (Å²) < 4.78 is 0. The number of hydrogen-bond acceptors (Lipinski definition) is 3. The average molecular weight is 191 g/mol. The lowest BCUT2D eigenvalue weighted by Gasteiger charge is -1.99. The molecule has 0 fully saturated rings. The maximum atomic E-state index is 10.5. The Bertz CT molecular complexity index is 366. The summed E-state index contributed by atoms with van der Waals surface area (Å²) in [7, 11) is 0. The summed E-state index contributed by atoms with van der Waals surface area (Å²) in [5, 5.41) is 10.1. The first kappa shape index (κ1) is 10.2. The van der Waals surface area contributed by atoms with E-state index >= 15 is 0 Å². The van der Waals surface area contributed by atoms with Crippen molar-refractivity contribution >= 4 is 11.5 Å². The van der Waals surface area contributed by atoms with Crippen molar-refractivity contribution in [1.82, 2.24) is 0 Å². The largest absolute Gasteiger partial charge is 0.265 e. The minimum absolute atomic E-state index is 0.126. The molecule has 0 spiro atoms. The highest BCUT2D eigenvalue weighted by Crippen LogP contribution is 2.13. The lowest BCUT2D eigenvalue weighted by Crippen LogP contribution is -2.01. The normalized spacial score (nSPS) is 9.14. The van der Waals surface area contributed by atoms with E-state index in [9.17, 15) is 14.9 Å². The number of carbonyl (C=O) groups excluding carboxylic acids is 1. The molecule has 1 aromatic carbocycles. The van der Waals surface area contributed by atoms with Gasteiger partial charge in [-0.2, -0.15) is 0 Å². The summed E-state index contributed by atoms with van der Waals surface area (Å²) in [6.45, 7) is -0.237. The topological polar surface area (TPSA) is 60.2 Å². The number of hydrogen-bond donors (Lipinski definition) is 0. The molecule has 0 amide bonds. The van der Waals surface area contributed by atoms with E-state index in [1.165, 1.54) is 0 Å². The van der Waals surface area contributed by atoms with Crippen LogP contribution >= 0.6 is 0 Å². The van der Waals surface area contributed by atoms with Crippen LogP contribution in [0.15, 0.2) is 30.3 Å². The number of nitro groups is 1. The molecule has 0 aliphatic rings. The van der Waals surface area contributed by atoms with Gasteiger partial charge in [-0.3, -0.25) is 10.1 Å². The Morgan fingerprint density at radius 2 is 2.00 bits per heavy atom. The second-order valence-electron chi connectivity index (χ2n) is 2.75. The maximum absolute atomic E-state index is 10.5. The number of benzene rings is 1. The lowest BCUT2D eigenvalue weighted by atomic mass is 10.1. The van der Waals surface area contributed by atoms with Crippen molar-refractivity contribution < 1.29 is 9.72 Å². The van der Waals surface area contributed by atoms with Gasteiger partial charge in [0.2, 0.25) is 6.54 Å². The van der Waals surface area contributed by atoms with Gasteiger partial charge in [-0.25, -0.2) is 4.79 Å². The predicted molar refractivity (Wildman–Crippen MR) is 52.0 cm³/mol. The fourth-order valence-corrected chi connectivity index (χ4v) is 1.10. The van der Waals surface area contributed by atoms with Gasteiger partial charge < -0.3 is 0 Å². The van der Waals surface area contributed by atoms with Gasteiger partial charge in [0.1, 0.15) is 5.94 Å². The molecule has 0 aliphatic carbocycles. The molecule has 0 aliphatic heterocycles. The van der Waals surface area contributed by atoms with E-state index in [0.717, 1.165) is 0 Å². The van der Waals surface area contributed by atoms with Gasteiger partial charge in [0.05, 0.1) is 0 Å². The zero-order valence-corrected chi connectivity index (χ0v) is 7.47. The maximum Gasteiger partial charge on any atom is 0.208 e. The third-order valence-corrected chi connectivity index (χ3v) is 1.79. The fraction of sp³-hybridized carbons (Fsp3) is 0.200. The zero-order valence-electron chi connectivity index (χ0n) is 7.47. The first-order valence-electron chi connectivity index (χ1n) is 4.15. The molecule has 1 aromatic rings. The molecule has 0 saturated carbocycles. The third-order valence-electron chi connectivity index (χ3n) is 1.79. The van der Waals surface area contributed by atoms with Crippen LogP contribution in [0.4, 0.5) is 0 Å². The highest BCUT2D eigenvalue weighted by atomic mass is 16.6. The van der Waals surface area contributed by atoms with Crippen LogP contribution < -0.4 is 0 Å². The second-order valence-corrected chi connectivity index (χ2v) is 2.75. The predicted octanol–water partition coefficient (Wildman–Crippen LogP) is 1.57. The van der Waals surface area contributed by atoms with Crippen molar-refractivity contribution in [3.63, 3.8) is 0 Å². The van der Waals surface area contributed by atoms with Gasteiger partial charge >= 0.3 is 0 Å². The van der Waals surface area contributed by atoms with E-state index in [4.69, 9.17) is 0 Å². The Balaban J connectivity index is 2.75. The quantitative estimate of drug-likeness (QED) is 0.412. The van der Waals surface area contributed by atoms with E-state index in [2.05, 4.69) is 0 Å². The van der Waals surface area contributed by atoms with E-state index in [-0.39, 0.29) is 13.0 Å². The van der Waals surface area contributed by atoms with Crippen LogP contribution in [0, 0.1) is 10.1 Å². The van der Waals surface area contributed by atoms with Crippen molar-refractivity contribution in [2.24, 2.45) is 0 Å². The summed E-state index contributed by atoms with van der Waals surface area (Å²) in [5.41, 5.74) is 1.05. The Morgan fingerprint density at radius 1 is 1.36 bits per heavy atom. The van der Waals surface area contributed by atoms with Crippen LogP contribution in [0.25, 0.3) is 5.57 Å². The van der Waals surface area contributed by atoms with Gasteiger partial charge in [-0.15, -0.1) is 0 Å². The minimum atomic E-state index is -0.444. The first-order chi connectivity index (χ1) is 6.74. The smallest absolute Gasteiger partial charge is 0.208 e. The van der Waals surface area contributed by atoms with E-state index in [0.29, 0.717) is 11.1 Å². The van der Waals surface area contributed by atoms with Gasteiger partial charge in [-0.1, -0.05) is 30.3 Å². The van der Waals surface area contributed by atoms with Gasteiger partial charge in [-0.05, 0) is 5.56 Å². The molecule has 0 heterocycles. The molecule has 1 rings (SSSR count). The van der Waals surface area contributed by atoms with Crippen molar-refractivity contribution in [3.05, 3.63) is 46.0 Å². The second kappa shape index (κ2) is 4.94. The molecule has 72 valence electrons. The number of nitrogens with zero attached hydrogens (tertiary/aromatic N) is 1. The SMILES string of the molecule is O=C=C(CC[N+](=O)[O-])c1ccccc1. The summed E-state index contributed by atoms with van der Waals surface area (Å²) >= 11 is 0. The Hall–Kier alpha value is -1.93. The highest BCUT2D eigenvalue weighted by molar-refractivity contribution is 5.87. The Morgan fingerprint density at radius 3 is 2.50 bits per heavy atom. The molecule has 0 radical (unpaired) electrons. The van der Waals surface area contributed by atoms with Crippen LogP contribution in [0.5, 0.6) is 0 Å². The molecule has 0 saturated heterocycles. The highest BCUT2D eigenvalue weighted by Gasteiger charge is 2.06. The molecule has 0 unspecified atom stereocenters. The summed E-state index contributed by atoms with van der Waals surface area (Å²) in [5.74, 6) is 1.74. The number of rotatable bonds is 4. The van der Waals surface area contributed by atoms with E-state index in [1.54, 1.807) is 30.2 Å². The molecular weight excluding hydrogens is 182 g/mol. The zero-order chi connectivity index (χ0) is 10.4. The molecule has 4 heteroatoms. The molecule has 0 bridgehead atoms. The van der Waals surface area contributed by atoms with Gasteiger partial charge in [0.25, 0.3) is 0 Å². The first-order valence-corrected chi connectivity index (χ1v) is 4.15. The van der Waals surface area contributed by atoms with Crippen LogP contribution in [-0.4, -0.2) is 17.4 Å². The molecule has 14 heavy (non-hydrogen) atoms. The summed E-state index contributed by atoms with van der Waals surface area (Å²) in [6, 6.07) is 8.84. The molecule has 0 atom stereocenters. The van der Waals surface area contributed by atoms with Gasteiger partial charge in [0, 0.05) is 16.9 Å². The molecule has 0 N–H and O–H groups in total. The third kappa shape index (κ3) is 2.84. The summed E-state index contributed by atoms with van der Waals surface area (Å²) in [6.07, 6.45) is 0.126. The van der Waals surface area contributed by atoms with Crippen molar-refractivity contribution in [2.45, 2.75) is 6.42 Å². The van der Waals surface area contributed by atoms with Crippen LogP contribution in [0.1, 0.15) is 12.0 Å². The Labute approximate surface area is 81.0 Å². The Kier molecular flexibility index (Phi) is 3.58. The molecular formula is C10H9NO3. The van der Waals surface area contributed by atoms with Crippen molar-refractivity contribution in [2.75, 3.05) is 6.54 Å². The standard InChI is InChI=1S/C10H9NO3/c12-8-10(6-7-11(13)14)9-4-2-1-3-5-9/h1-5H,6-7H2. The van der Waals surface area contributed by atoms with Crippen LogP contribution in [-0.2, 0) is 4.79 Å². The van der Waals surface area contributed by atoms with E-state index in [1.807, 2.05) is 6.07 Å². The molecule has 4 nitrogen and oxygen atoms in total.